The summed E-state index contributed by atoms with van der Waals surface area (Å²) in [5.41, 5.74) is 0.349. The fraction of sp³-hybridized carbons (Fsp3) is 0.211. The first kappa shape index (κ1) is 17.8. The van der Waals surface area contributed by atoms with Crippen LogP contribution in [0, 0.1) is 0 Å². The Balaban J connectivity index is 1.96. The van der Waals surface area contributed by atoms with E-state index in [1.807, 2.05) is 19.1 Å². The van der Waals surface area contributed by atoms with E-state index in [-0.39, 0.29) is 11.3 Å². The predicted molar refractivity (Wildman–Crippen MR) is 88.4 cm³/mol. The maximum absolute atomic E-state index is 13.1. The van der Waals surface area contributed by atoms with Gasteiger partial charge in [-0.25, -0.2) is 4.79 Å². The van der Waals surface area contributed by atoms with Crippen molar-refractivity contribution in [3.05, 3.63) is 59.2 Å². The Kier molecular flexibility index (Phi) is 4.63. The fourth-order valence-electron chi connectivity index (χ4n) is 2.67. The minimum absolute atomic E-state index is 0.0798. The molecule has 0 aliphatic carbocycles. The van der Waals surface area contributed by atoms with Crippen molar-refractivity contribution < 1.29 is 32.5 Å². The maximum atomic E-state index is 13.1. The molecule has 0 bridgehead atoms. The van der Waals surface area contributed by atoms with Gasteiger partial charge in [0.25, 0.3) is 0 Å². The zero-order valence-corrected chi connectivity index (χ0v) is 13.7. The van der Waals surface area contributed by atoms with Crippen LogP contribution in [-0.4, -0.2) is 23.4 Å². The number of fused-ring (bicyclic) bond motifs is 1. The number of carboxylic acids is 1. The van der Waals surface area contributed by atoms with Crippen molar-refractivity contribution in [2.75, 3.05) is 0 Å². The molecule has 136 valence electrons. The quantitative estimate of drug-likeness (QED) is 0.844. The van der Waals surface area contributed by atoms with Gasteiger partial charge in [0.15, 0.2) is 0 Å². The summed E-state index contributed by atoms with van der Waals surface area (Å²) in [6.45, 7) is 1.96. The molecule has 1 aliphatic rings. The Labute approximate surface area is 147 Å². The first-order chi connectivity index (χ1) is 12.3. The smallest absolute Gasteiger partial charge is 0.430 e. The second-order valence-electron chi connectivity index (χ2n) is 5.71. The SMILES string of the molecule is CCc1ccccc1Oc1ccc2c(c1)OC(C(F)(F)F)C(C(=O)O)=C2. The van der Waals surface area contributed by atoms with E-state index >= 15 is 0 Å². The number of hydrogen-bond acceptors (Lipinski definition) is 3. The van der Waals surface area contributed by atoms with Gasteiger partial charge in [-0.3, -0.25) is 0 Å². The molecule has 1 heterocycles. The molecule has 7 heteroatoms. The van der Waals surface area contributed by atoms with E-state index in [0.717, 1.165) is 18.1 Å². The number of carbonyl (C=O) groups is 1. The van der Waals surface area contributed by atoms with Crippen LogP contribution in [0.3, 0.4) is 0 Å². The van der Waals surface area contributed by atoms with Gasteiger partial charge in [0.05, 0.1) is 5.57 Å². The van der Waals surface area contributed by atoms with Crippen molar-refractivity contribution in [3.8, 4) is 17.2 Å². The first-order valence-electron chi connectivity index (χ1n) is 7.87. The molecular weight excluding hydrogens is 349 g/mol. The van der Waals surface area contributed by atoms with Crippen LogP contribution in [0.25, 0.3) is 6.08 Å². The molecule has 2 aromatic carbocycles. The van der Waals surface area contributed by atoms with Crippen LogP contribution < -0.4 is 9.47 Å². The lowest BCUT2D eigenvalue weighted by Gasteiger charge is -2.27. The number of carboxylic acid groups (broad SMARTS) is 1. The molecule has 26 heavy (non-hydrogen) atoms. The van der Waals surface area contributed by atoms with E-state index < -0.39 is 23.8 Å². The van der Waals surface area contributed by atoms with Crippen molar-refractivity contribution in [2.45, 2.75) is 25.6 Å². The highest BCUT2D eigenvalue weighted by molar-refractivity contribution is 5.95. The van der Waals surface area contributed by atoms with Gasteiger partial charge >= 0.3 is 12.1 Å². The van der Waals surface area contributed by atoms with Crippen molar-refractivity contribution in [1.82, 2.24) is 0 Å². The number of aryl methyl sites for hydroxylation is 1. The second-order valence-corrected chi connectivity index (χ2v) is 5.71. The summed E-state index contributed by atoms with van der Waals surface area (Å²) >= 11 is 0. The monoisotopic (exact) mass is 364 g/mol. The minimum Gasteiger partial charge on any atom is -0.478 e. The largest absolute Gasteiger partial charge is 0.478 e. The third-order valence-corrected chi connectivity index (χ3v) is 3.95. The van der Waals surface area contributed by atoms with Gasteiger partial charge in [0.2, 0.25) is 6.10 Å². The zero-order valence-electron chi connectivity index (χ0n) is 13.7. The number of alkyl halides is 3. The number of aliphatic carboxylic acids is 1. The first-order valence-corrected chi connectivity index (χ1v) is 7.87. The Morgan fingerprint density at radius 1 is 1.23 bits per heavy atom. The van der Waals surface area contributed by atoms with Gasteiger partial charge in [-0.1, -0.05) is 25.1 Å². The Morgan fingerprint density at radius 2 is 1.96 bits per heavy atom. The van der Waals surface area contributed by atoms with E-state index in [0.29, 0.717) is 11.5 Å². The van der Waals surface area contributed by atoms with Gasteiger partial charge in [-0.05, 0) is 36.3 Å². The number of ether oxygens (including phenoxy) is 2. The van der Waals surface area contributed by atoms with Crippen LogP contribution in [0.1, 0.15) is 18.1 Å². The lowest BCUT2D eigenvalue weighted by atomic mass is 10.0. The summed E-state index contributed by atoms with van der Waals surface area (Å²) < 4.78 is 50.1. The van der Waals surface area contributed by atoms with Gasteiger partial charge < -0.3 is 14.6 Å². The van der Waals surface area contributed by atoms with Crippen molar-refractivity contribution in [3.63, 3.8) is 0 Å². The molecular formula is C19H15F3O4. The minimum atomic E-state index is -4.84. The Bertz CT molecular complexity index is 871. The molecule has 0 saturated carbocycles. The molecule has 1 N–H and O–H groups in total. The van der Waals surface area contributed by atoms with Gasteiger partial charge in [-0.15, -0.1) is 0 Å². The fourth-order valence-corrected chi connectivity index (χ4v) is 2.67. The lowest BCUT2D eigenvalue weighted by molar-refractivity contribution is -0.187. The van der Waals surface area contributed by atoms with Gasteiger partial charge in [0.1, 0.15) is 17.2 Å². The maximum Gasteiger partial charge on any atom is 0.430 e. The van der Waals surface area contributed by atoms with E-state index in [9.17, 15) is 18.0 Å². The van der Waals surface area contributed by atoms with E-state index in [4.69, 9.17) is 14.6 Å². The predicted octanol–water partition coefficient (Wildman–Crippen LogP) is 4.83. The summed E-state index contributed by atoms with van der Waals surface area (Å²) in [5.74, 6) is -0.850. The molecule has 0 aromatic heterocycles. The van der Waals surface area contributed by atoms with Gasteiger partial charge in [0, 0.05) is 11.6 Å². The summed E-state index contributed by atoms with van der Waals surface area (Å²) in [5, 5.41) is 9.03. The van der Waals surface area contributed by atoms with Crippen LogP contribution in [0.5, 0.6) is 17.2 Å². The van der Waals surface area contributed by atoms with Crippen LogP contribution in [0.4, 0.5) is 13.2 Å². The number of para-hydroxylation sites is 1. The van der Waals surface area contributed by atoms with Crippen molar-refractivity contribution in [1.29, 1.82) is 0 Å². The van der Waals surface area contributed by atoms with E-state index in [1.165, 1.54) is 12.1 Å². The molecule has 1 unspecified atom stereocenters. The van der Waals surface area contributed by atoms with Crippen LogP contribution in [-0.2, 0) is 11.2 Å². The molecule has 3 rings (SSSR count). The molecule has 0 saturated heterocycles. The topological polar surface area (TPSA) is 55.8 Å². The zero-order chi connectivity index (χ0) is 18.9. The summed E-state index contributed by atoms with van der Waals surface area (Å²) in [6, 6.07) is 11.7. The number of benzene rings is 2. The molecule has 0 amide bonds. The highest BCUT2D eigenvalue weighted by Crippen LogP contribution is 2.39. The number of hydrogen-bond donors (Lipinski definition) is 1. The van der Waals surface area contributed by atoms with Crippen LogP contribution in [0.15, 0.2) is 48.0 Å². The molecule has 1 atom stereocenters. The second kappa shape index (κ2) is 6.74. The molecule has 0 fully saturated rings. The average molecular weight is 364 g/mol. The summed E-state index contributed by atoms with van der Waals surface area (Å²) in [6.07, 6.45) is -5.65. The Hall–Kier alpha value is -2.96. The third kappa shape index (κ3) is 3.51. The third-order valence-electron chi connectivity index (χ3n) is 3.95. The highest BCUT2D eigenvalue weighted by atomic mass is 19.4. The molecule has 1 aliphatic heterocycles. The molecule has 2 aromatic rings. The normalized spacial score (nSPS) is 16.3. The highest BCUT2D eigenvalue weighted by Gasteiger charge is 2.48. The van der Waals surface area contributed by atoms with E-state index in [1.54, 1.807) is 18.2 Å². The molecule has 0 spiro atoms. The average Bonchev–Trinajstić information content (AvgIpc) is 2.60. The van der Waals surface area contributed by atoms with Crippen LogP contribution >= 0.6 is 0 Å². The van der Waals surface area contributed by atoms with Crippen LogP contribution in [0.2, 0.25) is 0 Å². The molecule has 0 radical (unpaired) electrons. The van der Waals surface area contributed by atoms with Crippen molar-refractivity contribution >= 4 is 12.0 Å². The Morgan fingerprint density at radius 3 is 2.62 bits per heavy atom. The number of halogens is 3. The lowest BCUT2D eigenvalue weighted by Crippen LogP contribution is -2.40. The molecule has 4 nitrogen and oxygen atoms in total. The van der Waals surface area contributed by atoms with E-state index in [2.05, 4.69) is 0 Å². The summed E-state index contributed by atoms with van der Waals surface area (Å²) in [7, 11) is 0. The number of rotatable bonds is 4. The summed E-state index contributed by atoms with van der Waals surface area (Å²) in [4.78, 5) is 11.1. The van der Waals surface area contributed by atoms with Crippen molar-refractivity contribution in [2.24, 2.45) is 0 Å². The van der Waals surface area contributed by atoms with Gasteiger partial charge in [-0.2, -0.15) is 13.2 Å². The standard InChI is InChI=1S/C19H15F3O4/c1-2-11-5-3-4-6-15(11)25-13-8-7-12-9-14(18(23)24)17(19(20,21)22)26-16(12)10-13/h3-10,17H,2H2,1H3,(H,23,24).